The number of hydrogen-bond acceptors (Lipinski definition) is 3. The van der Waals surface area contributed by atoms with Crippen molar-refractivity contribution in [2.24, 2.45) is 10.9 Å². The van der Waals surface area contributed by atoms with Gasteiger partial charge in [0, 0.05) is 18.8 Å². The zero-order valence-electron chi connectivity index (χ0n) is 5.66. The van der Waals surface area contributed by atoms with Gasteiger partial charge in [0.05, 0.1) is 0 Å². The van der Waals surface area contributed by atoms with Gasteiger partial charge in [-0.2, -0.15) is 5.10 Å². The Morgan fingerprint density at radius 3 is 2.78 bits per heavy atom. The van der Waals surface area contributed by atoms with E-state index >= 15 is 0 Å². The van der Waals surface area contributed by atoms with Crippen LogP contribution < -0.4 is 5.84 Å². The van der Waals surface area contributed by atoms with Crippen LogP contribution in [-0.4, -0.2) is 28.9 Å². The highest BCUT2D eigenvalue weighted by atomic mass is 32.2. The number of amidine groups is 1. The second-order valence-electron chi connectivity index (χ2n) is 2.18. The molecule has 4 heteroatoms. The van der Waals surface area contributed by atoms with Gasteiger partial charge in [0.2, 0.25) is 0 Å². The standard InChI is InChI=1S/C5H11N3S/c1-4-3-9-5(7-6)8(4)2/h4H,3,6H2,1-2H3/b7-5-/t4-/m1/s1. The Hall–Kier alpha value is -0.380. The number of hydrazone groups is 1. The van der Waals surface area contributed by atoms with Crippen LogP contribution in [0.15, 0.2) is 5.10 Å². The van der Waals surface area contributed by atoms with Gasteiger partial charge in [-0.1, -0.05) is 11.8 Å². The van der Waals surface area contributed by atoms with Crippen LogP contribution in [0.25, 0.3) is 0 Å². The Kier molecular flexibility index (Phi) is 1.85. The summed E-state index contributed by atoms with van der Waals surface area (Å²) in [6.07, 6.45) is 0. The molecule has 0 aromatic rings. The predicted molar refractivity (Wildman–Crippen MR) is 41.3 cm³/mol. The second kappa shape index (κ2) is 2.47. The molecule has 0 aromatic carbocycles. The molecule has 3 nitrogen and oxygen atoms in total. The summed E-state index contributed by atoms with van der Waals surface area (Å²) in [5.74, 6) is 6.22. The summed E-state index contributed by atoms with van der Waals surface area (Å²) < 4.78 is 0. The highest BCUT2D eigenvalue weighted by Crippen LogP contribution is 2.20. The molecule has 1 saturated heterocycles. The maximum Gasteiger partial charge on any atom is 0.182 e. The Labute approximate surface area is 59.3 Å². The molecule has 0 bridgehead atoms. The molecule has 1 aliphatic rings. The molecule has 0 amide bonds. The molecule has 0 unspecified atom stereocenters. The van der Waals surface area contributed by atoms with Crippen LogP contribution in [0, 0.1) is 0 Å². The third-order valence-corrected chi connectivity index (χ3v) is 2.83. The highest BCUT2D eigenvalue weighted by molar-refractivity contribution is 8.14. The molecule has 1 atom stereocenters. The zero-order valence-corrected chi connectivity index (χ0v) is 6.48. The van der Waals surface area contributed by atoms with Crippen LogP contribution in [0.4, 0.5) is 0 Å². The van der Waals surface area contributed by atoms with E-state index in [0.29, 0.717) is 6.04 Å². The minimum atomic E-state index is 0.581. The lowest BCUT2D eigenvalue weighted by Crippen LogP contribution is -2.27. The Morgan fingerprint density at radius 2 is 2.56 bits per heavy atom. The van der Waals surface area contributed by atoms with Gasteiger partial charge in [-0.25, -0.2) is 0 Å². The average molecular weight is 145 g/mol. The number of rotatable bonds is 0. The van der Waals surface area contributed by atoms with Crippen LogP contribution in [0.1, 0.15) is 6.92 Å². The molecule has 1 rings (SSSR count). The van der Waals surface area contributed by atoms with Crippen molar-refractivity contribution in [1.82, 2.24) is 4.90 Å². The van der Waals surface area contributed by atoms with Gasteiger partial charge in [0.25, 0.3) is 0 Å². The quantitative estimate of drug-likeness (QED) is 0.393. The lowest BCUT2D eigenvalue weighted by atomic mass is 10.4. The minimum Gasteiger partial charge on any atom is -0.349 e. The van der Waals surface area contributed by atoms with Crippen molar-refractivity contribution < 1.29 is 0 Å². The maximum atomic E-state index is 5.11. The number of nitrogens with zero attached hydrogens (tertiary/aromatic N) is 2. The third kappa shape index (κ3) is 1.13. The number of nitrogens with two attached hydrogens (primary N) is 1. The van der Waals surface area contributed by atoms with Crippen LogP contribution in [0.2, 0.25) is 0 Å². The molecule has 0 aliphatic carbocycles. The normalized spacial score (nSPS) is 32.0. The van der Waals surface area contributed by atoms with Crippen molar-refractivity contribution in [3.8, 4) is 0 Å². The molecule has 9 heavy (non-hydrogen) atoms. The topological polar surface area (TPSA) is 41.6 Å². The second-order valence-corrected chi connectivity index (χ2v) is 3.17. The summed E-state index contributed by atoms with van der Waals surface area (Å²) in [4.78, 5) is 2.09. The third-order valence-electron chi connectivity index (χ3n) is 1.53. The first-order valence-corrected chi connectivity index (χ1v) is 3.87. The minimum absolute atomic E-state index is 0.581. The largest absolute Gasteiger partial charge is 0.349 e. The molecule has 0 spiro atoms. The highest BCUT2D eigenvalue weighted by Gasteiger charge is 2.22. The van der Waals surface area contributed by atoms with Gasteiger partial charge in [0.15, 0.2) is 5.17 Å². The molecule has 0 radical (unpaired) electrons. The Bertz CT molecular complexity index is 134. The van der Waals surface area contributed by atoms with E-state index in [9.17, 15) is 0 Å². The Balaban J connectivity index is 2.62. The molecule has 2 N–H and O–H groups in total. The van der Waals surface area contributed by atoms with E-state index in [0.717, 1.165) is 10.9 Å². The SMILES string of the molecule is C[C@@H]1CS/C(=N\N)N1C. The lowest BCUT2D eigenvalue weighted by molar-refractivity contribution is 0.441. The van der Waals surface area contributed by atoms with Crippen molar-refractivity contribution in [1.29, 1.82) is 0 Å². The van der Waals surface area contributed by atoms with Crippen LogP contribution in [-0.2, 0) is 0 Å². The van der Waals surface area contributed by atoms with Crippen molar-refractivity contribution in [3.05, 3.63) is 0 Å². The monoisotopic (exact) mass is 145 g/mol. The zero-order chi connectivity index (χ0) is 6.85. The van der Waals surface area contributed by atoms with E-state index in [1.807, 2.05) is 7.05 Å². The van der Waals surface area contributed by atoms with E-state index in [1.165, 1.54) is 0 Å². The van der Waals surface area contributed by atoms with E-state index in [-0.39, 0.29) is 0 Å². The Morgan fingerprint density at radius 1 is 1.89 bits per heavy atom. The molecule has 0 saturated carbocycles. The average Bonchev–Trinajstić information content (AvgIpc) is 2.15. The molecule has 1 heterocycles. The summed E-state index contributed by atoms with van der Waals surface area (Å²) in [6, 6.07) is 0.581. The fourth-order valence-electron chi connectivity index (χ4n) is 0.726. The van der Waals surface area contributed by atoms with Gasteiger partial charge < -0.3 is 10.7 Å². The smallest absolute Gasteiger partial charge is 0.182 e. The molecule has 1 aliphatic heterocycles. The van der Waals surface area contributed by atoms with Gasteiger partial charge in [0.1, 0.15) is 0 Å². The van der Waals surface area contributed by atoms with Crippen molar-refractivity contribution in [3.63, 3.8) is 0 Å². The molecule has 52 valence electrons. The number of hydrogen-bond donors (Lipinski definition) is 1. The maximum absolute atomic E-state index is 5.11. The lowest BCUT2D eigenvalue weighted by Gasteiger charge is -2.14. The van der Waals surface area contributed by atoms with E-state index in [2.05, 4.69) is 16.9 Å². The molecule has 0 aromatic heterocycles. The summed E-state index contributed by atoms with van der Waals surface area (Å²) in [5, 5.41) is 4.57. The fourth-order valence-corrected chi connectivity index (χ4v) is 1.80. The molecular weight excluding hydrogens is 134 g/mol. The fraction of sp³-hybridized carbons (Fsp3) is 0.800. The number of thioether (sulfide) groups is 1. The van der Waals surface area contributed by atoms with Gasteiger partial charge >= 0.3 is 0 Å². The summed E-state index contributed by atoms with van der Waals surface area (Å²) in [5.41, 5.74) is 0. The predicted octanol–water partition coefficient (Wildman–Crippen LogP) is 0.283. The van der Waals surface area contributed by atoms with E-state index in [4.69, 9.17) is 5.84 Å². The molecule has 1 fully saturated rings. The van der Waals surface area contributed by atoms with Crippen molar-refractivity contribution in [2.45, 2.75) is 13.0 Å². The van der Waals surface area contributed by atoms with E-state index < -0.39 is 0 Å². The van der Waals surface area contributed by atoms with Crippen LogP contribution in [0.3, 0.4) is 0 Å². The summed E-state index contributed by atoms with van der Waals surface area (Å²) >= 11 is 1.71. The van der Waals surface area contributed by atoms with Crippen molar-refractivity contribution >= 4 is 16.9 Å². The van der Waals surface area contributed by atoms with Gasteiger partial charge in [-0.3, -0.25) is 0 Å². The van der Waals surface area contributed by atoms with Gasteiger partial charge in [-0.05, 0) is 6.92 Å². The van der Waals surface area contributed by atoms with Crippen LogP contribution >= 0.6 is 11.8 Å². The summed E-state index contributed by atoms with van der Waals surface area (Å²) in [7, 11) is 2.01. The first-order valence-electron chi connectivity index (χ1n) is 2.89. The first kappa shape index (κ1) is 6.74. The first-order chi connectivity index (χ1) is 4.25. The van der Waals surface area contributed by atoms with Crippen LogP contribution in [0.5, 0.6) is 0 Å². The van der Waals surface area contributed by atoms with Gasteiger partial charge in [-0.15, -0.1) is 0 Å². The molecular formula is C5H11N3S. The van der Waals surface area contributed by atoms with E-state index in [1.54, 1.807) is 11.8 Å². The summed E-state index contributed by atoms with van der Waals surface area (Å²) in [6.45, 7) is 2.16. The van der Waals surface area contributed by atoms with Crippen molar-refractivity contribution in [2.75, 3.05) is 12.8 Å².